The molecule has 0 radical (unpaired) electrons. The average molecular weight is 402 g/mol. The van der Waals surface area contributed by atoms with Crippen LogP contribution in [0.1, 0.15) is 22.6 Å². The Bertz CT molecular complexity index is 964. The van der Waals surface area contributed by atoms with Crippen molar-refractivity contribution in [1.29, 1.82) is 0 Å². The van der Waals surface area contributed by atoms with E-state index in [1.165, 1.54) is 7.11 Å². The SMILES string of the molecule is COC(=O)[C@@H](N=C(c1ccccc1)c1ccccc1)[C@H](C[N+](=O)[O-])c1ccccc1. The first-order chi connectivity index (χ1) is 14.6. The van der Waals surface area contributed by atoms with Gasteiger partial charge in [-0.15, -0.1) is 0 Å². The third-order valence-corrected chi connectivity index (χ3v) is 4.76. The summed E-state index contributed by atoms with van der Waals surface area (Å²) in [6.07, 6.45) is 0. The molecule has 2 atom stereocenters. The summed E-state index contributed by atoms with van der Waals surface area (Å²) in [4.78, 5) is 28.5. The van der Waals surface area contributed by atoms with Crippen LogP contribution in [0.5, 0.6) is 0 Å². The zero-order valence-corrected chi connectivity index (χ0v) is 16.5. The summed E-state index contributed by atoms with van der Waals surface area (Å²) in [5.74, 6) is -1.38. The molecule has 0 heterocycles. The number of ether oxygens (including phenoxy) is 1. The molecule has 0 aliphatic heterocycles. The Morgan fingerprint density at radius 1 is 0.900 bits per heavy atom. The highest BCUT2D eigenvalue weighted by Crippen LogP contribution is 2.25. The van der Waals surface area contributed by atoms with Gasteiger partial charge in [0.15, 0.2) is 6.04 Å². The number of nitrogens with zero attached hydrogens (tertiary/aromatic N) is 2. The number of hydrogen-bond acceptors (Lipinski definition) is 5. The lowest BCUT2D eigenvalue weighted by Crippen LogP contribution is -2.33. The lowest BCUT2D eigenvalue weighted by Gasteiger charge is -2.21. The highest BCUT2D eigenvalue weighted by molar-refractivity contribution is 6.13. The molecule has 0 amide bonds. The number of rotatable bonds is 8. The Morgan fingerprint density at radius 2 is 1.37 bits per heavy atom. The number of aliphatic imine (C=N–C) groups is 1. The Kier molecular flexibility index (Phi) is 7.05. The zero-order chi connectivity index (χ0) is 21.3. The highest BCUT2D eigenvalue weighted by atomic mass is 16.6. The van der Waals surface area contributed by atoms with E-state index in [2.05, 4.69) is 0 Å². The van der Waals surface area contributed by atoms with E-state index in [9.17, 15) is 14.9 Å². The van der Waals surface area contributed by atoms with Gasteiger partial charge in [0.25, 0.3) is 0 Å². The Labute approximate surface area is 175 Å². The molecule has 0 spiro atoms. The molecule has 6 heteroatoms. The minimum absolute atomic E-state index is 0.423. The van der Waals surface area contributed by atoms with Crippen LogP contribution in [-0.4, -0.2) is 36.3 Å². The highest BCUT2D eigenvalue weighted by Gasteiger charge is 2.34. The van der Waals surface area contributed by atoms with Crippen LogP contribution in [0, 0.1) is 10.1 Å². The van der Waals surface area contributed by atoms with Crippen molar-refractivity contribution in [3.63, 3.8) is 0 Å². The van der Waals surface area contributed by atoms with Crippen LogP contribution >= 0.6 is 0 Å². The van der Waals surface area contributed by atoms with Crippen molar-refractivity contribution in [3.8, 4) is 0 Å². The first-order valence-electron chi connectivity index (χ1n) is 9.53. The molecule has 152 valence electrons. The van der Waals surface area contributed by atoms with E-state index >= 15 is 0 Å². The summed E-state index contributed by atoms with van der Waals surface area (Å²) >= 11 is 0. The number of carbonyl (C=O) groups is 1. The number of carbonyl (C=O) groups excluding carboxylic acids is 1. The van der Waals surface area contributed by atoms with E-state index in [1.54, 1.807) is 24.3 Å². The third kappa shape index (κ3) is 5.17. The van der Waals surface area contributed by atoms with Crippen LogP contribution in [0.25, 0.3) is 0 Å². The quantitative estimate of drug-likeness (QED) is 0.246. The van der Waals surface area contributed by atoms with Gasteiger partial charge >= 0.3 is 5.97 Å². The van der Waals surface area contributed by atoms with Gasteiger partial charge in [-0.25, -0.2) is 4.79 Å². The fraction of sp³-hybridized carbons (Fsp3) is 0.167. The van der Waals surface area contributed by atoms with Gasteiger partial charge in [0, 0.05) is 16.1 Å². The maximum atomic E-state index is 12.8. The molecule has 0 bridgehead atoms. The molecule has 3 aromatic rings. The largest absolute Gasteiger partial charge is 0.467 e. The predicted octanol–water partition coefficient (Wildman–Crippen LogP) is 4.13. The van der Waals surface area contributed by atoms with Gasteiger partial charge in [-0.3, -0.25) is 15.1 Å². The van der Waals surface area contributed by atoms with Crippen LogP contribution in [0.15, 0.2) is 96.0 Å². The van der Waals surface area contributed by atoms with Crippen LogP contribution in [0.4, 0.5) is 0 Å². The molecule has 0 saturated heterocycles. The summed E-state index contributed by atoms with van der Waals surface area (Å²) < 4.78 is 5.00. The predicted molar refractivity (Wildman–Crippen MR) is 115 cm³/mol. The van der Waals surface area contributed by atoms with Gasteiger partial charge in [0.05, 0.1) is 18.7 Å². The molecular weight excluding hydrogens is 380 g/mol. The third-order valence-electron chi connectivity index (χ3n) is 4.76. The maximum absolute atomic E-state index is 12.8. The molecule has 3 rings (SSSR count). The van der Waals surface area contributed by atoms with E-state index in [4.69, 9.17) is 9.73 Å². The van der Waals surface area contributed by atoms with Crippen LogP contribution < -0.4 is 0 Å². The molecule has 0 aromatic heterocycles. The van der Waals surface area contributed by atoms with Crippen molar-refractivity contribution in [2.45, 2.75) is 12.0 Å². The van der Waals surface area contributed by atoms with E-state index in [1.807, 2.05) is 66.7 Å². The van der Waals surface area contributed by atoms with Crippen LogP contribution in [-0.2, 0) is 9.53 Å². The lowest BCUT2D eigenvalue weighted by atomic mass is 9.91. The molecule has 0 unspecified atom stereocenters. The molecule has 0 N–H and O–H groups in total. The topological polar surface area (TPSA) is 81.8 Å². The molecular formula is C24H22N2O4. The molecule has 0 aliphatic carbocycles. The fourth-order valence-corrected chi connectivity index (χ4v) is 3.32. The fourth-order valence-electron chi connectivity index (χ4n) is 3.32. The van der Waals surface area contributed by atoms with E-state index in [-0.39, 0.29) is 0 Å². The molecule has 6 nitrogen and oxygen atoms in total. The second-order valence-electron chi connectivity index (χ2n) is 6.71. The average Bonchev–Trinajstić information content (AvgIpc) is 2.80. The van der Waals surface area contributed by atoms with Gasteiger partial charge in [0.1, 0.15) is 0 Å². The van der Waals surface area contributed by atoms with Gasteiger partial charge in [0.2, 0.25) is 6.54 Å². The van der Waals surface area contributed by atoms with E-state index in [0.29, 0.717) is 11.3 Å². The van der Waals surface area contributed by atoms with Gasteiger partial charge in [-0.05, 0) is 5.56 Å². The number of hydrogen-bond donors (Lipinski definition) is 0. The molecule has 0 aliphatic rings. The molecule has 0 fully saturated rings. The van der Waals surface area contributed by atoms with Crippen molar-refractivity contribution in [2.75, 3.05) is 13.7 Å². The standard InChI is InChI=1S/C24H22N2O4/c1-30-24(27)23(21(17-26(28)29)18-11-5-2-6-12-18)25-22(19-13-7-3-8-14-19)20-15-9-4-10-16-20/h2-16,21,23H,17H2,1H3/t21-,23+/m1/s1. The lowest BCUT2D eigenvalue weighted by molar-refractivity contribution is -0.483. The number of benzene rings is 3. The Morgan fingerprint density at radius 3 is 1.80 bits per heavy atom. The van der Waals surface area contributed by atoms with Crippen molar-refractivity contribution in [2.24, 2.45) is 4.99 Å². The summed E-state index contributed by atoms with van der Waals surface area (Å²) in [6, 6.07) is 26.7. The zero-order valence-electron chi connectivity index (χ0n) is 16.5. The maximum Gasteiger partial charge on any atom is 0.331 e. The number of esters is 1. The summed E-state index contributed by atoms with van der Waals surface area (Å²) in [6.45, 7) is -0.440. The second-order valence-corrected chi connectivity index (χ2v) is 6.71. The van der Waals surface area contributed by atoms with Crippen LogP contribution in [0.3, 0.4) is 0 Å². The first kappa shape index (κ1) is 20.9. The number of nitro groups is 1. The van der Waals surface area contributed by atoms with Gasteiger partial charge < -0.3 is 4.74 Å². The van der Waals surface area contributed by atoms with E-state index < -0.39 is 29.4 Å². The summed E-state index contributed by atoms with van der Waals surface area (Å²) in [5, 5.41) is 11.4. The minimum Gasteiger partial charge on any atom is -0.467 e. The van der Waals surface area contributed by atoms with Crippen molar-refractivity contribution in [1.82, 2.24) is 0 Å². The minimum atomic E-state index is -1.07. The Hall–Kier alpha value is -3.80. The monoisotopic (exact) mass is 402 g/mol. The summed E-state index contributed by atoms with van der Waals surface area (Å²) in [7, 11) is 1.27. The normalized spacial score (nSPS) is 12.4. The Balaban J connectivity index is 2.17. The smallest absolute Gasteiger partial charge is 0.331 e. The van der Waals surface area contributed by atoms with Crippen molar-refractivity contribution < 1.29 is 14.5 Å². The van der Waals surface area contributed by atoms with Crippen molar-refractivity contribution in [3.05, 3.63) is 118 Å². The number of methoxy groups -OCH3 is 1. The van der Waals surface area contributed by atoms with E-state index in [0.717, 1.165) is 11.1 Å². The molecule has 0 saturated carbocycles. The van der Waals surface area contributed by atoms with Gasteiger partial charge in [-0.1, -0.05) is 91.0 Å². The van der Waals surface area contributed by atoms with Crippen LogP contribution in [0.2, 0.25) is 0 Å². The second kappa shape index (κ2) is 10.1. The summed E-state index contributed by atoms with van der Waals surface area (Å²) in [5.41, 5.74) is 2.86. The molecule has 30 heavy (non-hydrogen) atoms. The molecule has 3 aromatic carbocycles. The van der Waals surface area contributed by atoms with Gasteiger partial charge in [-0.2, -0.15) is 0 Å². The first-order valence-corrected chi connectivity index (χ1v) is 9.53. The van der Waals surface area contributed by atoms with Crippen molar-refractivity contribution >= 4 is 11.7 Å².